The number of likely N-dealkylation sites (N-methyl/N-ethyl adjacent to an activating group) is 1. The highest BCUT2D eigenvalue weighted by Gasteiger charge is 2.27. The Morgan fingerprint density at radius 3 is 2.50 bits per heavy atom. The zero-order valence-electron chi connectivity index (χ0n) is 9.97. The molecule has 1 aliphatic carbocycles. The second-order valence-corrected chi connectivity index (χ2v) is 4.54. The Balaban J connectivity index is 2.15. The van der Waals surface area contributed by atoms with E-state index in [1.54, 1.807) is 0 Å². The Hall–Kier alpha value is -1.02. The van der Waals surface area contributed by atoms with Crippen LogP contribution in [-0.2, 0) is 0 Å². The molecule has 0 aromatic heterocycles. The van der Waals surface area contributed by atoms with Crippen LogP contribution >= 0.6 is 0 Å². The van der Waals surface area contributed by atoms with Gasteiger partial charge in [0.15, 0.2) is 0 Å². The van der Waals surface area contributed by atoms with Crippen molar-refractivity contribution in [2.24, 2.45) is 0 Å². The zero-order valence-corrected chi connectivity index (χ0v) is 9.97. The highest BCUT2D eigenvalue weighted by atomic mass is 16.3. The van der Waals surface area contributed by atoms with Crippen molar-refractivity contribution in [3.63, 3.8) is 0 Å². The molecule has 88 valence electrons. The fourth-order valence-corrected chi connectivity index (χ4v) is 2.68. The molecular weight excluding hydrogens is 198 g/mol. The maximum absolute atomic E-state index is 10.1. The fraction of sp³-hybridized carbons (Fsp3) is 0.571. The van der Waals surface area contributed by atoms with Crippen LogP contribution in [-0.4, -0.2) is 23.8 Å². The lowest BCUT2D eigenvalue weighted by Crippen LogP contribution is -2.45. The molecule has 0 bridgehead atoms. The molecule has 1 N–H and O–H groups in total. The molecule has 0 spiro atoms. The largest absolute Gasteiger partial charge is 0.391 e. The summed E-state index contributed by atoms with van der Waals surface area (Å²) in [5, 5.41) is 10.1. The molecule has 2 rings (SSSR count). The lowest BCUT2D eigenvalue weighted by Gasteiger charge is -2.38. The van der Waals surface area contributed by atoms with Crippen molar-refractivity contribution >= 4 is 5.69 Å². The van der Waals surface area contributed by atoms with E-state index < -0.39 is 0 Å². The first-order valence-electron chi connectivity index (χ1n) is 6.32. The van der Waals surface area contributed by atoms with E-state index in [4.69, 9.17) is 0 Å². The second kappa shape index (κ2) is 5.35. The molecule has 0 amide bonds. The van der Waals surface area contributed by atoms with E-state index in [2.05, 4.69) is 36.1 Å². The molecule has 2 heteroatoms. The number of aliphatic hydroxyl groups excluding tert-OH is 1. The number of anilines is 1. The highest BCUT2D eigenvalue weighted by Crippen LogP contribution is 2.27. The maximum Gasteiger partial charge on any atom is 0.0743 e. The highest BCUT2D eigenvalue weighted by molar-refractivity contribution is 5.47. The van der Waals surface area contributed by atoms with E-state index in [0.29, 0.717) is 6.04 Å². The number of para-hydroxylation sites is 1. The Kier molecular flexibility index (Phi) is 3.83. The van der Waals surface area contributed by atoms with Gasteiger partial charge in [-0.2, -0.15) is 0 Å². The van der Waals surface area contributed by atoms with Crippen LogP contribution in [0.15, 0.2) is 30.3 Å². The van der Waals surface area contributed by atoms with Gasteiger partial charge in [0.1, 0.15) is 0 Å². The SMILES string of the molecule is CCN(c1ccccc1)[C@@H]1CCCC[C@H]1O. The Morgan fingerprint density at radius 1 is 1.19 bits per heavy atom. The van der Waals surface area contributed by atoms with Crippen molar-refractivity contribution in [2.75, 3.05) is 11.4 Å². The van der Waals surface area contributed by atoms with Gasteiger partial charge in [0.25, 0.3) is 0 Å². The summed E-state index contributed by atoms with van der Waals surface area (Å²) in [6, 6.07) is 10.7. The Morgan fingerprint density at radius 2 is 1.88 bits per heavy atom. The van der Waals surface area contributed by atoms with Gasteiger partial charge in [-0.25, -0.2) is 0 Å². The summed E-state index contributed by atoms with van der Waals surface area (Å²) in [5.41, 5.74) is 1.23. The van der Waals surface area contributed by atoms with Crippen molar-refractivity contribution in [3.05, 3.63) is 30.3 Å². The van der Waals surface area contributed by atoms with Gasteiger partial charge < -0.3 is 10.0 Å². The van der Waals surface area contributed by atoms with E-state index in [1.165, 1.54) is 18.5 Å². The molecule has 0 unspecified atom stereocenters. The first-order chi connectivity index (χ1) is 7.83. The van der Waals surface area contributed by atoms with Crippen LogP contribution in [0.25, 0.3) is 0 Å². The summed E-state index contributed by atoms with van der Waals surface area (Å²) in [5.74, 6) is 0. The lowest BCUT2D eigenvalue weighted by atomic mass is 9.91. The average Bonchev–Trinajstić information content (AvgIpc) is 2.34. The molecule has 1 fully saturated rings. The standard InChI is InChI=1S/C14H21NO/c1-2-15(12-8-4-3-5-9-12)13-10-6-7-11-14(13)16/h3-5,8-9,13-14,16H,2,6-7,10-11H2,1H3/t13-,14-/m1/s1. The molecular formula is C14H21NO. The van der Waals surface area contributed by atoms with Crippen molar-refractivity contribution in [1.29, 1.82) is 0 Å². The monoisotopic (exact) mass is 219 g/mol. The zero-order chi connectivity index (χ0) is 11.4. The molecule has 1 aromatic carbocycles. The number of aliphatic hydroxyl groups is 1. The van der Waals surface area contributed by atoms with Gasteiger partial charge in [-0.15, -0.1) is 0 Å². The summed E-state index contributed by atoms with van der Waals surface area (Å²) < 4.78 is 0. The third-order valence-corrected chi connectivity index (χ3v) is 3.52. The van der Waals surface area contributed by atoms with Gasteiger partial charge in [-0.1, -0.05) is 31.0 Å². The summed E-state index contributed by atoms with van der Waals surface area (Å²) in [4.78, 5) is 2.34. The van der Waals surface area contributed by atoms with Crippen molar-refractivity contribution in [1.82, 2.24) is 0 Å². The van der Waals surface area contributed by atoms with Crippen LogP contribution in [0.3, 0.4) is 0 Å². The van der Waals surface area contributed by atoms with Crippen molar-refractivity contribution in [2.45, 2.75) is 44.8 Å². The minimum Gasteiger partial charge on any atom is -0.391 e. The fourth-order valence-electron chi connectivity index (χ4n) is 2.68. The van der Waals surface area contributed by atoms with E-state index in [0.717, 1.165) is 19.4 Å². The van der Waals surface area contributed by atoms with Gasteiger partial charge in [-0.05, 0) is 31.9 Å². The Labute approximate surface area is 97.9 Å². The first-order valence-corrected chi connectivity index (χ1v) is 6.32. The summed E-state index contributed by atoms with van der Waals surface area (Å²) >= 11 is 0. The predicted octanol–water partition coefficient (Wildman–Crippen LogP) is 2.82. The molecule has 0 saturated heterocycles. The summed E-state index contributed by atoms with van der Waals surface area (Å²) in [7, 11) is 0. The van der Waals surface area contributed by atoms with Gasteiger partial charge in [0, 0.05) is 12.2 Å². The molecule has 2 atom stereocenters. The number of benzene rings is 1. The molecule has 1 saturated carbocycles. The Bertz CT molecular complexity index is 312. The number of rotatable bonds is 3. The minimum absolute atomic E-state index is 0.158. The van der Waals surface area contributed by atoms with E-state index >= 15 is 0 Å². The lowest BCUT2D eigenvalue weighted by molar-refractivity contribution is 0.104. The molecule has 16 heavy (non-hydrogen) atoms. The van der Waals surface area contributed by atoms with E-state index in [9.17, 15) is 5.11 Å². The van der Waals surface area contributed by atoms with Gasteiger partial charge in [0.05, 0.1) is 12.1 Å². The average molecular weight is 219 g/mol. The minimum atomic E-state index is -0.158. The van der Waals surface area contributed by atoms with Crippen LogP contribution < -0.4 is 4.90 Å². The second-order valence-electron chi connectivity index (χ2n) is 4.54. The molecule has 1 aromatic rings. The van der Waals surface area contributed by atoms with Gasteiger partial charge in [-0.3, -0.25) is 0 Å². The van der Waals surface area contributed by atoms with Crippen molar-refractivity contribution < 1.29 is 5.11 Å². The van der Waals surface area contributed by atoms with E-state index in [1.807, 2.05) is 6.07 Å². The first kappa shape index (κ1) is 11.5. The molecule has 0 radical (unpaired) electrons. The van der Waals surface area contributed by atoms with Crippen molar-refractivity contribution in [3.8, 4) is 0 Å². The van der Waals surface area contributed by atoms with Crippen LogP contribution in [0.4, 0.5) is 5.69 Å². The topological polar surface area (TPSA) is 23.5 Å². The third-order valence-electron chi connectivity index (χ3n) is 3.52. The summed E-state index contributed by atoms with van der Waals surface area (Å²) in [6.07, 6.45) is 4.32. The number of nitrogens with zero attached hydrogens (tertiary/aromatic N) is 1. The molecule has 2 nitrogen and oxygen atoms in total. The summed E-state index contributed by atoms with van der Waals surface area (Å²) in [6.45, 7) is 3.13. The molecule has 1 aliphatic rings. The maximum atomic E-state index is 10.1. The van der Waals surface area contributed by atoms with E-state index in [-0.39, 0.29) is 6.10 Å². The number of hydrogen-bond donors (Lipinski definition) is 1. The number of hydrogen-bond acceptors (Lipinski definition) is 2. The van der Waals surface area contributed by atoms with Crippen LogP contribution in [0, 0.1) is 0 Å². The molecule has 0 heterocycles. The van der Waals surface area contributed by atoms with Gasteiger partial charge in [0.2, 0.25) is 0 Å². The molecule has 0 aliphatic heterocycles. The van der Waals surface area contributed by atoms with Crippen LogP contribution in [0.2, 0.25) is 0 Å². The van der Waals surface area contributed by atoms with Crippen LogP contribution in [0.1, 0.15) is 32.6 Å². The normalized spacial score (nSPS) is 25.4. The smallest absolute Gasteiger partial charge is 0.0743 e. The van der Waals surface area contributed by atoms with Gasteiger partial charge >= 0.3 is 0 Å². The quantitative estimate of drug-likeness (QED) is 0.845. The predicted molar refractivity (Wildman–Crippen MR) is 67.7 cm³/mol. The van der Waals surface area contributed by atoms with Crippen LogP contribution in [0.5, 0.6) is 0 Å². The third kappa shape index (κ3) is 2.38.